The SMILES string of the molecule is COc1ccc(C(C#N)N2CCN(C)CC2)cc1Br. The lowest BCUT2D eigenvalue weighted by molar-refractivity contribution is 0.133. The summed E-state index contributed by atoms with van der Waals surface area (Å²) in [6.07, 6.45) is 0. The van der Waals surface area contributed by atoms with Gasteiger partial charge in [0.15, 0.2) is 0 Å². The molecule has 19 heavy (non-hydrogen) atoms. The average molecular weight is 324 g/mol. The molecule has 1 fully saturated rings. The standard InChI is InChI=1S/C14H18BrN3O/c1-17-5-7-18(8-6-17)13(10-16)11-3-4-14(19-2)12(15)9-11/h3-4,9,13H,5-8H2,1-2H3. The van der Waals surface area contributed by atoms with E-state index in [1.54, 1.807) is 7.11 Å². The fourth-order valence-electron chi connectivity index (χ4n) is 2.30. The number of methoxy groups -OCH3 is 1. The van der Waals surface area contributed by atoms with E-state index >= 15 is 0 Å². The van der Waals surface area contributed by atoms with Crippen LogP contribution in [-0.4, -0.2) is 50.1 Å². The van der Waals surface area contributed by atoms with Gasteiger partial charge >= 0.3 is 0 Å². The molecular weight excluding hydrogens is 306 g/mol. The second-order valence-electron chi connectivity index (χ2n) is 4.76. The summed E-state index contributed by atoms with van der Waals surface area (Å²) in [7, 11) is 3.75. The van der Waals surface area contributed by atoms with Gasteiger partial charge < -0.3 is 9.64 Å². The molecule has 1 aliphatic rings. The highest BCUT2D eigenvalue weighted by Crippen LogP contribution is 2.30. The summed E-state index contributed by atoms with van der Waals surface area (Å²) in [5, 5.41) is 9.46. The third-order valence-electron chi connectivity index (χ3n) is 3.52. The molecular formula is C14H18BrN3O. The van der Waals surface area contributed by atoms with Gasteiger partial charge in [0.25, 0.3) is 0 Å². The minimum Gasteiger partial charge on any atom is -0.496 e. The maximum Gasteiger partial charge on any atom is 0.133 e. The fourth-order valence-corrected chi connectivity index (χ4v) is 2.86. The van der Waals surface area contributed by atoms with Crippen LogP contribution in [0.4, 0.5) is 0 Å². The van der Waals surface area contributed by atoms with Crippen LogP contribution in [0.3, 0.4) is 0 Å². The first-order chi connectivity index (χ1) is 9.15. The summed E-state index contributed by atoms with van der Waals surface area (Å²) in [6, 6.07) is 8.08. The molecule has 2 rings (SSSR count). The minimum absolute atomic E-state index is 0.184. The highest BCUT2D eigenvalue weighted by Gasteiger charge is 2.24. The van der Waals surface area contributed by atoms with Crippen LogP contribution in [0.5, 0.6) is 5.75 Å². The zero-order valence-electron chi connectivity index (χ0n) is 11.3. The Morgan fingerprint density at radius 2 is 2.00 bits per heavy atom. The van der Waals surface area contributed by atoms with E-state index < -0.39 is 0 Å². The predicted molar refractivity (Wildman–Crippen MR) is 78.1 cm³/mol. The van der Waals surface area contributed by atoms with Crippen LogP contribution in [0.1, 0.15) is 11.6 Å². The molecule has 0 radical (unpaired) electrons. The third kappa shape index (κ3) is 3.27. The van der Waals surface area contributed by atoms with Crippen molar-refractivity contribution >= 4 is 15.9 Å². The Morgan fingerprint density at radius 1 is 1.32 bits per heavy atom. The fraction of sp³-hybridized carbons (Fsp3) is 0.500. The van der Waals surface area contributed by atoms with Crippen LogP contribution in [0.25, 0.3) is 0 Å². The molecule has 4 nitrogen and oxygen atoms in total. The number of hydrogen-bond acceptors (Lipinski definition) is 4. The summed E-state index contributed by atoms with van der Waals surface area (Å²) in [6.45, 7) is 3.88. The smallest absolute Gasteiger partial charge is 0.133 e. The zero-order valence-corrected chi connectivity index (χ0v) is 12.9. The number of piperazine rings is 1. The molecule has 1 unspecified atom stereocenters. The lowest BCUT2D eigenvalue weighted by Gasteiger charge is -2.35. The maximum atomic E-state index is 9.46. The molecule has 1 aromatic rings. The first-order valence-corrected chi connectivity index (χ1v) is 7.10. The highest BCUT2D eigenvalue weighted by molar-refractivity contribution is 9.10. The Balaban J connectivity index is 2.18. The van der Waals surface area contributed by atoms with E-state index in [0.717, 1.165) is 42.0 Å². The van der Waals surface area contributed by atoms with Crippen LogP contribution in [-0.2, 0) is 0 Å². The summed E-state index contributed by atoms with van der Waals surface area (Å²) < 4.78 is 6.11. The molecule has 0 N–H and O–H groups in total. The van der Waals surface area contributed by atoms with Crippen molar-refractivity contribution in [2.75, 3.05) is 40.3 Å². The van der Waals surface area contributed by atoms with Crippen molar-refractivity contribution in [2.24, 2.45) is 0 Å². The van der Waals surface area contributed by atoms with E-state index in [9.17, 15) is 5.26 Å². The van der Waals surface area contributed by atoms with Gasteiger partial charge in [-0.1, -0.05) is 6.07 Å². The Bertz CT molecular complexity index is 478. The number of nitriles is 1. The molecule has 1 heterocycles. The quantitative estimate of drug-likeness (QED) is 0.855. The number of benzene rings is 1. The highest BCUT2D eigenvalue weighted by atomic mass is 79.9. The monoisotopic (exact) mass is 323 g/mol. The van der Waals surface area contributed by atoms with E-state index in [1.807, 2.05) is 18.2 Å². The first-order valence-electron chi connectivity index (χ1n) is 6.31. The molecule has 0 bridgehead atoms. The van der Waals surface area contributed by atoms with Gasteiger partial charge in [-0.25, -0.2) is 0 Å². The van der Waals surface area contributed by atoms with Crippen molar-refractivity contribution in [3.8, 4) is 11.8 Å². The van der Waals surface area contributed by atoms with Gasteiger partial charge in [-0.3, -0.25) is 4.90 Å². The van der Waals surface area contributed by atoms with Crippen molar-refractivity contribution in [1.82, 2.24) is 9.80 Å². The number of likely N-dealkylation sites (N-methyl/N-ethyl adjacent to an activating group) is 1. The maximum absolute atomic E-state index is 9.46. The number of ether oxygens (including phenoxy) is 1. The molecule has 0 saturated carbocycles. The van der Waals surface area contributed by atoms with E-state index in [2.05, 4.69) is 38.8 Å². The van der Waals surface area contributed by atoms with Gasteiger partial charge in [0.05, 0.1) is 17.7 Å². The zero-order chi connectivity index (χ0) is 13.8. The van der Waals surface area contributed by atoms with E-state index in [-0.39, 0.29) is 6.04 Å². The number of rotatable bonds is 3. The summed E-state index contributed by atoms with van der Waals surface area (Å²) in [5.41, 5.74) is 1.01. The van der Waals surface area contributed by atoms with Crippen molar-refractivity contribution in [3.05, 3.63) is 28.2 Å². The van der Waals surface area contributed by atoms with Gasteiger partial charge in [0.1, 0.15) is 11.8 Å². The number of nitrogens with zero attached hydrogens (tertiary/aromatic N) is 3. The van der Waals surface area contributed by atoms with Crippen LogP contribution in [0.2, 0.25) is 0 Å². The minimum atomic E-state index is -0.184. The van der Waals surface area contributed by atoms with E-state index in [4.69, 9.17) is 4.74 Å². The predicted octanol–water partition coefficient (Wildman–Crippen LogP) is 2.27. The van der Waals surface area contributed by atoms with Crippen molar-refractivity contribution in [3.63, 3.8) is 0 Å². The summed E-state index contributed by atoms with van der Waals surface area (Å²) in [5.74, 6) is 0.791. The Kier molecular flexibility index (Phi) is 4.81. The van der Waals surface area contributed by atoms with Gasteiger partial charge in [0.2, 0.25) is 0 Å². The average Bonchev–Trinajstić information content (AvgIpc) is 2.42. The largest absolute Gasteiger partial charge is 0.496 e. The van der Waals surface area contributed by atoms with Crippen LogP contribution >= 0.6 is 15.9 Å². The van der Waals surface area contributed by atoms with Crippen LogP contribution in [0, 0.1) is 11.3 Å². The molecule has 0 aliphatic carbocycles. The molecule has 0 amide bonds. The van der Waals surface area contributed by atoms with Gasteiger partial charge in [0, 0.05) is 26.2 Å². The van der Waals surface area contributed by atoms with Gasteiger partial charge in [-0.2, -0.15) is 5.26 Å². The van der Waals surface area contributed by atoms with Crippen molar-refractivity contribution in [1.29, 1.82) is 5.26 Å². The molecule has 102 valence electrons. The molecule has 1 aromatic carbocycles. The molecule has 1 aliphatic heterocycles. The van der Waals surface area contributed by atoms with Crippen molar-refractivity contribution in [2.45, 2.75) is 6.04 Å². The molecule has 0 spiro atoms. The molecule has 5 heteroatoms. The van der Waals surface area contributed by atoms with E-state index in [0.29, 0.717) is 0 Å². The van der Waals surface area contributed by atoms with Crippen molar-refractivity contribution < 1.29 is 4.74 Å². The summed E-state index contributed by atoms with van der Waals surface area (Å²) in [4.78, 5) is 4.52. The van der Waals surface area contributed by atoms with Gasteiger partial charge in [-0.15, -0.1) is 0 Å². The second-order valence-corrected chi connectivity index (χ2v) is 5.62. The molecule has 1 saturated heterocycles. The topological polar surface area (TPSA) is 39.5 Å². The second kappa shape index (κ2) is 6.38. The number of halogens is 1. The van der Waals surface area contributed by atoms with E-state index in [1.165, 1.54) is 0 Å². The Labute approximate surface area is 122 Å². The first kappa shape index (κ1) is 14.3. The van der Waals surface area contributed by atoms with Crippen LogP contribution < -0.4 is 4.74 Å². The Hall–Kier alpha value is -1.09. The lowest BCUT2D eigenvalue weighted by Crippen LogP contribution is -2.45. The lowest BCUT2D eigenvalue weighted by atomic mass is 10.1. The number of hydrogen-bond donors (Lipinski definition) is 0. The Morgan fingerprint density at radius 3 is 2.53 bits per heavy atom. The normalized spacial score (nSPS) is 18.8. The molecule has 1 atom stereocenters. The molecule has 0 aromatic heterocycles. The van der Waals surface area contributed by atoms with Crippen LogP contribution in [0.15, 0.2) is 22.7 Å². The third-order valence-corrected chi connectivity index (χ3v) is 4.14. The van der Waals surface area contributed by atoms with Gasteiger partial charge in [-0.05, 0) is 40.7 Å². The summed E-state index contributed by atoms with van der Waals surface area (Å²) >= 11 is 3.48.